The lowest BCUT2D eigenvalue weighted by atomic mass is 10.0. The van der Waals surface area contributed by atoms with Gasteiger partial charge in [-0.15, -0.1) is 14.5 Å². The van der Waals surface area contributed by atoms with E-state index in [2.05, 4.69) is 14.5 Å². The molecule has 2 saturated heterocycles. The summed E-state index contributed by atoms with van der Waals surface area (Å²) in [6, 6.07) is -1.49. The van der Waals surface area contributed by atoms with Gasteiger partial charge in [-0.25, -0.2) is 4.79 Å². The zero-order valence-corrected chi connectivity index (χ0v) is 13.6. The predicted molar refractivity (Wildman–Crippen MR) is 75.3 cm³/mol. The average molecular weight is 346 g/mol. The summed E-state index contributed by atoms with van der Waals surface area (Å²) in [6.07, 6.45) is 1.90. The number of hydrogen-bond acceptors (Lipinski definition) is 7. The van der Waals surface area contributed by atoms with Crippen molar-refractivity contribution in [3.8, 4) is 0 Å². The van der Waals surface area contributed by atoms with Gasteiger partial charge in [0.25, 0.3) is 0 Å². The molecule has 0 aliphatic carbocycles. The van der Waals surface area contributed by atoms with E-state index >= 15 is 0 Å². The van der Waals surface area contributed by atoms with Crippen LogP contribution in [0.15, 0.2) is 4.42 Å². The fraction of sp³-hybridized carbons (Fsp3) is 0.750. The molecular weight excluding hydrogens is 328 g/mol. The molecule has 3 atom stereocenters. The van der Waals surface area contributed by atoms with Crippen LogP contribution in [0.4, 0.5) is 4.79 Å². The molecule has 0 aromatic carbocycles. The monoisotopic (exact) mass is 346 g/mol. The Morgan fingerprint density at radius 2 is 2.17 bits per heavy atom. The van der Waals surface area contributed by atoms with Crippen LogP contribution < -0.4 is 0 Å². The molecule has 2 amide bonds. The van der Waals surface area contributed by atoms with Gasteiger partial charge in [0.05, 0.1) is 6.04 Å². The molecule has 0 spiro atoms. The van der Waals surface area contributed by atoms with Gasteiger partial charge in [-0.2, -0.15) is 13.5 Å². The predicted octanol–water partition coefficient (Wildman–Crippen LogP) is 1.26. The molecule has 10 nitrogen and oxygen atoms in total. The van der Waals surface area contributed by atoms with Crippen LogP contribution in [0.3, 0.4) is 0 Å². The summed E-state index contributed by atoms with van der Waals surface area (Å²) < 4.78 is 40.6. The Hall–Kier alpha value is -1.72. The highest BCUT2D eigenvalue weighted by atomic mass is 32.3. The molecule has 1 aromatic rings. The van der Waals surface area contributed by atoms with Crippen molar-refractivity contribution < 1.29 is 26.5 Å². The topological polar surface area (TPSA) is 126 Å². The Kier molecular flexibility index (Phi) is 4.02. The first-order valence-electron chi connectivity index (χ1n) is 7.40. The highest BCUT2D eigenvalue weighted by Crippen LogP contribution is 2.38. The van der Waals surface area contributed by atoms with Gasteiger partial charge in [-0.1, -0.05) is 13.8 Å². The second kappa shape index (κ2) is 5.73. The van der Waals surface area contributed by atoms with Crippen LogP contribution in [0.25, 0.3) is 0 Å². The SMILES string of the molecule is CCC(C)c1nnc([C@@H]2CC[C@@H]3CN2C(=O)N3OS(=O)(=O)O)o1. The standard InChI is InChI=1S/C12H18N4O6S/c1-3-7(2)10-13-14-11(21-10)9-5-4-8-6-15(9)12(17)16(8)22-23(18,19)20/h7-9H,3-6H2,1-2H3,(H,18,19,20)/t7?,8-,9+/m1/s1. The van der Waals surface area contributed by atoms with Crippen LogP contribution in [-0.2, 0) is 14.7 Å². The number of amides is 2. The average Bonchev–Trinajstić information content (AvgIpc) is 3.06. The second-order valence-corrected chi connectivity index (χ2v) is 6.80. The van der Waals surface area contributed by atoms with Crippen LogP contribution in [0.5, 0.6) is 0 Å². The summed E-state index contributed by atoms with van der Waals surface area (Å²) in [5.41, 5.74) is 0. The summed E-state index contributed by atoms with van der Waals surface area (Å²) in [6.45, 7) is 4.26. The van der Waals surface area contributed by atoms with E-state index in [9.17, 15) is 13.2 Å². The van der Waals surface area contributed by atoms with Crippen LogP contribution >= 0.6 is 0 Å². The second-order valence-electron chi connectivity index (χ2n) is 5.80. The number of rotatable bonds is 5. The molecule has 1 N–H and O–H groups in total. The maximum atomic E-state index is 12.3. The lowest BCUT2D eigenvalue weighted by Gasteiger charge is -2.27. The van der Waals surface area contributed by atoms with Crippen molar-refractivity contribution >= 4 is 16.4 Å². The van der Waals surface area contributed by atoms with Gasteiger partial charge in [0, 0.05) is 12.5 Å². The van der Waals surface area contributed by atoms with E-state index in [-0.39, 0.29) is 12.5 Å². The highest BCUT2D eigenvalue weighted by molar-refractivity contribution is 7.80. The zero-order valence-electron chi connectivity index (χ0n) is 12.7. The Bertz CT molecular complexity index is 704. The van der Waals surface area contributed by atoms with Gasteiger partial charge in [0.15, 0.2) is 0 Å². The van der Waals surface area contributed by atoms with Crippen LogP contribution in [0.1, 0.15) is 56.9 Å². The smallest absolute Gasteiger partial charge is 0.418 e. The molecule has 2 fully saturated rings. The maximum absolute atomic E-state index is 12.3. The minimum atomic E-state index is -4.74. The molecule has 128 valence electrons. The third kappa shape index (κ3) is 3.03. The molecule has 23 heavy (non-hydrogen) atoms. The molecule has 0 radical (unpaired) electrons. The fourth-order valence-electron chi connectivity index (χ4n) is 2.84. The minimum absolute atomic E-state index is 0.126. The van der Waals surface area contributed by atoms with E-state index in [1.165, 1.54) is 4.90 Å². The number of carbonyl (C=O) groups excluding carboxylic acids is 1. The number of carbonyl (C=O) groups is 1. The number of hydrogen-bond donors (Lipinski definition) is 1. The molecule has 3 heterocycles. The van der Waals surface area contributed by atoms with Gasteiger partial charge in [-0.05, 0) is 19.3 Å². The van der Waals surface area contributed by atoms with Crippen molar-refractivity contribution in [1.82, 2.24) is 20.2 Å². The lowest BCUT2D eigenvalue weighted by Crippen LogP contribution is -2.35. The van der Waals surface area contributed by atoms with E-state index in [1.54, 1.807) is 0 Å². The maximum Gasteiger partial charge on any atom is 0.418 e. The lowest BCUT2D eigenvalue weighted by molar-refractivity contribution is -0.0317. The number of piperidine rings is 1. The number of aromatic nitrogens is 2. The van der Waals surface area contributed by atoms with E-state index < -0.39 is 28.5 Å². The van der Waals surface area contributed by atoms with E-state index in [0.29, 0.717) is 29.7 Å². The molecule has 1 aromatic heterocycles. The Balaban J connectivity index is 1.80. The van der Waals surface area contributed by atoms with Crippen LogP contribution in [0.2, 0.25) is 0 Å². The molecule has 2 aliphatic rings. The van der Waals surface area contributed by atoms with E-state index in [0.717, 1.165) is 6.42 Å². The van der Waals surface area contributed by atoms with Gasteiger partial charge in [0.1, 0.15) is 6.04 Å². The van der Waals surface area contributed by atoms with Crippen molar-refractivity contribution in [2.24, 2.45) is 0 Å². The van der Waals surface area contributed by atoms with Gasteiger partial charge in [0.2, 0.25) is 11.8 Å². The van der Waals surface area contributed by atoms with Crippen molar-refractivity contribution in [2.75, 3.05) is 6.54 Å². The third-order valence-electron chi connectivity index (χ3n) is 4.27. The highest BCUT2D eigenvalue weighted by Gasteiger charge is 2.49. The Morgan fingerprint density at radius 3 is 2.83 bits per heavy atom. The fourth-order valence-corrected chi connectivity index (χ4v) is 3.23. The minimum Gasteiger partial charge on any atom is -0.423 e. The van der Waals surface area contributed by atoms with Crippen LogP contribution in [0, 0.1) is 0 Å². The first kappa shape index (κ1) is 16.1. The van der Waals surface area contributed by atoms with E-state index in [1.807, 2.05) is 13.8 Å². The number of urea groups is 1. The summed E-state index contributed by atoms with van der Waals surface area (Å²) >= 11 is 0. The molecule has 11 heteroatoms. The number of nitrogens with zero attached hydrogens (tertiary/aromatic N) is 4. The summed E-state index contributed by atoms with van der Waals surface area (Å²) in [7, 11) is -4.74. The van der Waals surface area contributed by atoms with Gasteiger partial charge < -0.3 is 9.32 Å². The summed E-state index contributed by atoms with van der Waals surface area (Å²) in [5.74, 6) is 0.976. The number of fused-ring (bicyclic) bond motifs is 2. The van der Waals surface area contributed by atoms with Crippen molar-refractivity contribution in [3.63, 3.8) is 0 Å². The Labute approximate surface area is 133 Å². The molecule has 2 bridgehead atoms. The molecule has 3 rings (SSSR count). The summed E-state index contributed by atoms with van der Waals surface area (Å²) in [4.78, 5) is 13.7. The number of hydroxylamine groups is 2. The Morgan fingerprint density at radius 1 is 1.43 bits per heavy atom. The van der Waals surface area contributed by atoms with Crippen molar-refractivity contribution in [1.29, 1.82) is 0 Å². The third-order valence-corrected chi connectivity index (χ3v) is 4.62. The summed E-state index contributed by atoms with van der Waals surface area (Å²) in [5, 5.41) is 8.73. The zero-order chi connectivity index (χ0) is 16.8. The first-order valence-corrected chi connectivity index (χ1v) is 8.76. The van der Waals surface area contributed by atoms with Gasteiger partial charge in [-0.3, -0.25) is 4.55 Å². The van der Waals surface area contributed by atoms with Crippen LogP contribution in [-0.4, -0.2) is 51.7 Å². The van der Waals surface area contributed by atoms with Gasteiger partial charge >= 0.3 is 16.4 Å². The molecular formula is C12H18N4O6S. The molecule has 0 saturated carbocycles. The normalized spacial score (nSPS) is 26.0. The largest absolute Gasteiger partial charge is 0.423 e. The molecule has 1 unspecified atom stereocenters. The first-order chi connectivity index (χ1) is 10.8. The quantitative estimate of drug-likeness (QED) is 0.790. The van der Waals surface area contributed by atoms with Crippen molar-refractivity contribution in [2.45, 2.75) is 51.1 Å². The van der Waals surface area contributed by atoms with E-state index in [4.69, 9.17) is 8.97 Å². The molecule has 2 aliphatic heterocycles. The van der Waals surface area contributed by atoms with Crippen molar-refractivity contribution in [3.05, 3.63) is 11.8 Å².